The van der Waals surface area contributed by atoms with Crippen LogP contribution in [0.3, 0.4) is 0 Å². The minimum Gasteiger partial charge on any atom is -0.338 e. The number of carbonyl (C=O) groups excluding carboxylic acids is 1. The van der Waals surface area contributed by atoms with Crippen molar-refractivity contribution < 1.29 is 13.2 Å². The highest BCUT2D eigenvalue weighted by Gasteiger charge is 2.32. The normalized spacial score (nSPS) is 20.9. The van der Waals surface area contributed by atoms with Crippen LogP contribution in [0.4, 0.5) is 4.79 Å². The number of nitrogens with one attached hydrogen (secondary N) is 3. The van der Waals surface area contributed by atoms with Gasteiger partial charge < -0.3 is 10.6 Å². The number of urea groups is 1. The van der Waals surface area contributed by atoms with Gasteiger partial charge >= 0.3 is 6.03 Å². The Morgan fingerprint density at radius 3 is 2.38 bits per heavy atom. The first-order chi connectivity index (χ1) is 9.92. The Labute approximate surface area is 125 Å². The molecule has 0 heterocycles. The molecule has 7 heteroatoms. The summed E-state index contributed by atoms with van der Waals surface area (Å²) in [6.45, 7) is 3.25. The van der Waals surface area contributed by atoms with Gasteiger partial charge in [0.1, 0.15) is 0 Å². The van der Waals surface area contributed by atoms with Gasteiger partial charge in [-0.3, -0.25) is 0 Å². The fourth-order valence-corrected chi connectivity index (χ4v) is 2.79. The molecule has 1 saturated carbocycles. The van der Waals surface area contributed by atoms with Crippen molar-refractivity contribution in [2.24, 2.45) is 11.8 Å². The number of rotatable bonds is 6. The highest BCUT2D eigenvalue weighted by atomic mass is 32.2. The zero-order chi connectivity index (χ0) is 15.5. The summed E-state index contributed by atoms with van der Waals surface area (Å²) in [7, 11) is -2.04. The Morgan fingerprint density at radius 2 is 1.86 bits per heavy atom. The molecule has 2 rings (SSSR count). The third-order valence-electron chi connectivity index (χ3n) is 3.76. The van der Waals surface area contributed by atoms with Crippen LogP contribution < -0.4 is 15.4 Å². The van der Waals surface area contributed by atoms with Gasteiger partial charge in [-0.2, -0.15) is 0 Å². The van der Waals surface area contributed by atoms with Crippen molar-refractivity contribution in [3.8, 4) is 0 Å². The van der Waals surface area contributed by atoms with Gasteiger partial charge in [0.15, 0.2) is 0 Å². The maximum absolute atomic E-state index is 11.6. The van der Waals surface area contributed by atoms with Crippen LogP contribution in [0, 0.1) is 11.8 Å². The van der Waals surface area contributed by atoms with Crippen molar-refractivity contribution in [2.45, 2.75) is 24.8 Å². The molecule has 0 bridgehead atoms. The quantitative estimate of drug-likeness (QED) is 0.734. The Hall–Kier alpha value is -1.60. The molecule has 6 nitrogen and oxygen atoms in total. The maximum Gasteiger partial charge on any atom is 0.315 e. The van der Waals surface area contributed by atoms with E-state index < -0.39 is 10.0 Å². The first-order valence-electron chi connectivity index (χ1n) is 6.96. The van der Waals surface area contributed by atoms with Crippen LogP contribution in [0.25, 0.3) is 0 Å². The van der Waals surface area contributed by atoms with Gasteiger partial charge in [-0.25, -0.2) is 17.9 Å². The average Bonchev–Trinajstić information content (AvgIpc) is 3.19. The molecule has 3 N–H and O–H groups in total. The number of hydrogen-bond donors (Lipinski definition) is 3. The second-order valence-corrected chi connectivity index (χ2v) is 7.27. The summed E-state index contributed by atoms with van der Waals surface area (Å²) < 4.78 is 25.4. The summed E-state index contributed by atoms with van der Waals surface area (Å²) in [5, 5.41) is 5.59. The third-order valence-corrected chi connectivity index (χ3v) is 5.19. The largest absolute Gasteiger partial charge is 0.338 e. The number of amides is 2. The number of carbonyl (C=O) groups is 1. The smallest absolute Gasteiger partial charge is 0.315 e. The van der Waals surface area contributed by atoms with Crippen LogP contribution >= 0.6 is 0 Å². The number of benzene rings is 1. The molecule has 1 fully saturated rings. The van der Waals surface area contributed by atoms with E-state index in [4.69, 9.17) is 0 Å². The highest BCUT2D eigenvalue weighted by molar-refractivity contribution is 7.89. The molecule has 1 aromatic carbocycles. The second-order valence-electron chi connectivity index (χ2n) is 5.39. The molecule has 0 aromatic heterocycles. The molecule has 21 heavy (non-hydrogen) atoms. The van der Waals surface area contributed by atoms with Crippen molar-refractivity contribution in [1.29, 1.82) is 0 Å². The van der Waals surface area contributed by atoms with Crippen LogP contribution in [0.15, 0.2) is 29.2 Å². The first kappa shape index (κ1) is 15.8. The Morgan fingerprint density at radius 1 is 1.24 bits per heavy atom. The SMILES string of the molecule is CNS(=O)(=O)c1ccc(CNC(=O)NC[C@H]2C[C@@H]2C)cc1. The van der Waals surface area contributed by atoms with Crippen LogP contribution in [0.2, 0.25) is 0 Å². The average molecular weight is 311 g/mol. The second kappa shape index (κ2) is 6.44. The molecule has 1 aliphatic carbocycles. The summed E-state index contributed by atoms with van der Waals surface area (Å²) in [5.74, 6) is 1.33. The number of hydrogen-bond acceptors (Lipinski definition) is 3. The van der Waals surface area contributed by atoms with Gasteiger partial charge in [0.05, 0.1) is 4.90 Å². The zero-order valence-electron chi connectivity index (χ0n) is 12.2. The van der Waals surface area contributed by atoms with E-state index in [1.165, 1.54) is 25.6 Å². The van der Waals surface area contributed by atoms with Gasteiger partial charge in [0.25, 0.3) is 0 Å². The topological polar surface area (TPSA) is 87.3 Å². The van der Waals surface area contributed by atoms with Crippen LogP contribution in [0.5, 0.6) is 0 Å². The fourth-order valence-electron chi connectivity index (χ4n) is 2.06. The molecule has 0 radical (unpaired) electrons. The Balaban J connectivity index is 1.79. The van der Waals surface area contributed by atoms with Crippen LogP contribution in [-0.2, 0) is 16.6 Å². The van der Waals surface area contributed by atoms with Gasteiger partial charge in [-0.15, -0.1) is 0 Å². The molecule has 0 aliphatic heterocycles. The Bertz CT molecular complexity index is 598. The molecule has 1 aromatic rings. The van der Waals surface area contributed by atoms with E-state index in [1.807, 2.05) is 0 Å². The number of sulfonamides is 1. The maximum atomic E-state index is 11.6. The minimum atomic E-state index is -3.41. The molecule has 2 amide bonds. The standard InChI is InChI=1S/C14H21N3O3S/c1-10-7-12(10)9-17-14(18)16-8-11-3-5-13(6-4-11)21(19,20)15-2/h3-6,10,12,15H,7-9H2,1-2H3,(H2,16,17,18)/t10-,12+/m0/s1. The summed E-state index contributed by atoms with van der Waals surface area (Å²) >= 11 is 0. The van der Waals surface area contributed by atoms with Crippen molar-refractivity contribution in [1.82, 2.24) is 15.4 Å². The molecule has 0 saturated heterocycles. The third kappa shape index (κ3) is 4.44. The van der Waals surface area contributed by atoms with E-state index in [9.17, 15) is 13.2 Å². The lowest BCUT2D eigenvalue weighted by molar-refractivity contribution is 0.240. The van der Waals surface area contributed by atoms with E-state index in [-0.39, 0.29) is 10.9 Å². The first-order valence-corrected chi connectivity index (χ1v) is 8.45. The van der Waals surface area contributed by atoms with Gasteiger partial charge in [-0.05, 0) is 43.0 Å². The van der Waals surface area contributed by atoms with Crippen molar-refractivity contribution in [3.05, 3.63) is 29.8 Å². The molecule has 116 valence electrons. The monoisotopic (exact) mass is 311 g/mol. The zero-order valence-corrected chi connectivity index (χ0v) is 13.0. The van der Waals surface area contributed by atoms with E-state index in [0.717, 1.165) is 5.56 Å². The summed E-state index contributed by atoms with van der Waals surface area (Å²) in [4.78, 5) is 11.8. The fraction of sp³-hybridized carbons (Fsp3) is 0.500. The predicted molar refractivity (Wildman–Crippen MR) is 80.2 cm³/mol. The van der Waals surface area contributed by atoms with E-state index in [1.54, 1.807) is 12.1 Å². The lowest BCUT2D eigenvalue weighted by Gasteiger charge is -2.08. The molecular weight excluding hydrogens is 290 g/mol. The van der Waals surface area contributed by atoms with E-state index in [0.29, 0.717) is 24.9 Å². The van der Waals surface area contributed by atoms with Gasteiger partial charge in [0.2, 0.25) is 10.0 Å². The van der Waals surface area contributed by atoms with Crippen molar-refractivity contribution in [3.63, 3.8) is 0 Å². The van der Waals surface area contributed by atoms with Crippen LogP contribution in [0.1, 0.15) is 18.9 Å². The van der Waals surface area contributed by atoms with Gasteiger partial charge in [-0.1, -0.05) is 19.1 Å². The molecular formula is C14H21N3O3S. The molecule has 2 atom stereocenters. The minimum absolute atomic E-state index is 0.193. The predicted octanol–water partition coefficient (Wildman–Crippen LogP) is 1.05. The molecule has 1 aliphatic rings. The lowest BCUT2D eigenvalue weighted by atomic mass is 10.2. The summed E-state index contributed by atoms with van der Waals surface area (Å²) in [6, 6.07) is 6.22. The van der Waals surface area contributed by atoms with Gasteiger partial charge in [0, 0.05) is 13.1 Å². The van der Waals surface area contributed by atoms with E-state index >= 15 is 0 Å². The molecule has 0 spiro atoms. The summed E-state index contributed by atoms with van der Waals surface area (Å²) in [5.41, 5.74) is 0.847. The highest BCUT2D eigenvalue weighted by Crippen LogP contribution is 2.36. The van der Waals surface area contributed by atoms with Crippen molar-refractivity contribution in [2.75, 3.05) is 13.6 Å². The van der Waals surface area contributed by atoms with E-state index in [2.05, 4.69) is 22.3 Å². The van der Waals surface area contributed by atoms with Crippen LogP contribution in [-0.4, -0.2) is 28.0 Å². The summed E-state index contributed by atoms with van der Waals surface area (Å²) in [6.07, 6.45) is 1.18. The Kier molecular flexibility index (Phi) is 4.84. The van der Waals surface area contributed by atoms with Crippen molar-refractivity contribution >= 4 is 16.1 Å². The molecule has 0 unspecified atom stereocenters. The lowest BCUT2D eigenvalue weighted by Crippen LogP contribution is -2.36.